The molecule has 0 aromatic heterocycles. The molecule has 0 bridgehead atoms. The standard InChI is InChI=1S/C38H41N2O3P/c1-8-37(5,6)34-14-12-16-36(33(34)26-40)41-28-17-19-30(20-18-28)43-44(7)31-23-21-29(22-24-31)42-38(9-2,10-3)35-15-11-13-27(4)32(35)25-39/h11-24H,8-10H2,1-7H3. The van der Waals surface area contributed by atoms with Crippen LogP contribution in [-0.4, -0.2) is 6.66 Å². The molecule has 0 aliphatic heterocycles. The van der Waals surface area contributed by atoms with Crippen molar-refractivity contribution in [2.75, 3.05) is 6.66 Å². The summed E-state index contributed by atoms with van der Waals surface area (Å²) in [5, 5.41) is 20.8. The van der Waals surface area contributed by atoms with Crippen LogP contribution < -0.4 is 19.3 Å². The highest BCUT2D eigenvalue weighted by Crippen LogP contribution is 2.40. The van der Waals surface area contributed by atoms with E-state index in [1.165, 1.54) is 0 Å². The van der Waals surface area contributed by atoms with Gasteiger partial charge in [0.15, 0.2) is 0 Å². The van der Waals surface area contributed by atoms with E-state index in [1.54, 1.807) is 0 Å². The van der Waals surface area contributed by atoms with Crippen LogP contribution >= 0.6 is 8.15 Å². The third-order valence-corrected chi connectivity index (χ3v) is 10.1. The summed E-state index contributed by atoms with van der Waals surface area (Å²) < 4.78 is 19.1. The molecular formula is C38H41N2O3P. The molecule has 44 heavy (non-hydrogen) atoms. The average Bonchev–Trinajstić information content (AvgIpc) is 3.04. The van der Waals surface area contributed by atoms with Crippen LogP contribution in [-0.2, 0) is 11.0 Å². The average molecular weight is 605 g/mol. The molecule has 0 N–H and O–H groups in total. The molecule has 0 aliphatic rings. The van der Waals surface area contributed by atoms with Crippen LogP contribution in [0.2, 0.25) is 0 Å². The lowest BCUT2D eigenvalue weighted by Crippen LogP contribution is -2.33. The van der Waals surface area contributed by atoms with E-state index in [9.17, 15) is 10.5 Å². The van der Waals surface area contributed by atoms with E-state index >= 15 is 0 Å². The summed E-state index contributed by atoms with van der Waals surface area (Å²) in [5.41, 5.74) is 3.44. The molecule has 0 saturated carbocycles. The van der Waals surface area contributed by atoms with Crippen molar-refractivity contribution in [3.63, 3.8) is 0 Å². The van der Waals surface area contributed by atoms with Crippen LogP contribution in [0, 0.1) is 29.6 Å². The summed E-state index contributed by atoms with van der Waals surface area (Å²) in [7, 11) is -0.928. The van der Waals surface area contributed by atoms with E-state index in [0.29, 0.717) is 22.6 Å². The lowest BCUT2D eigenvalue weighted by molar-refractivity contribution is 0.0570. The van der Waals surface area contributed by atoms with E-state index in [4.69, 9.17) is 14.0 Å². The second-order valence-electron chi connectivity index (χ2n) is 11.6. The molecule has 0 aliphatic carbocycles. The van der Waals surface area contributed by atoms with Crippen LogP contribution in [0.15, 0.2) is 84.9 Å². The molecule has 1 atom stereocenters. The zero-order valence-corrected chi connectivity index (χ0v) is 27.7. The summed E-state index contributed by atoms with van der Waals surface area (Å²) >= 11 is 0. The van der Waals surface area contributed by atoms with Crippen molar-refractivity contribution in [2.24, 2.45) is 0 Å². The Kier molecular flexibility index (Phi) is 10.4. The highest BCUT2D eigenvalue weighted by molar-refractivity contribution is 7.60. The van der Waals surface area contributed by atoms with E-state index in [0.717, 1.165) is 52.8 Å². The number of aryl methyl sites for hydroxylation is 1. The maximum atomic E-state index is 9.90. The molecule has 6 heteroatoms. The number of nitrogens with zero attached hydrogens (tertiary/aromatic N) is 2. The minimum absolute atomic E-state index is 0.123. The monoisotopic (exact) mass is 604 g/mol. The van der Waals surface area contributed by atoms with Crippen molar-refractivity contribution in [1.82, 2.24) is 0 Å². The Balaban J connectivity index is 1.45. The van der Waals surface area contributed by atoms with Crippen molar-refractivity contribution in [1.29, 1.82) is 10.5 Å². The van der Waals surface area contributed by atoms with Crippen molar-refractivity contribution in [3.8, 4) is 35.1 Å². The maximum Gasteiger partial charge on any atom is 0.145 e. The van der Waals surface area contributed by atoms with Gasteiger partial charge in [-0.2, -0.15) is 10.5 Å². The van der Waals surface area contributed by atoms with Gasteiger partial charge in [0.25, 0.3) is 0 Å². The van der Waals surface area contributed by atoms with Crippen molar-refractivity contribution >= 4 is 13.5 Å². The first-order chi connectivity index (χ1) is 21.1. The SMILES string of the molecule is CCC(C)(C)c1cccc(Oc2ccc(OP(C)c3ccc(OC(CC)(CC)c4cccc(C)c4C#N)cc3)cc2)c1C#N. The molecule has 226 valence electrons. The number of ether oxygens (including phenoxy) is 2. The number of hydrogen-bond acceptors (Lipinski definition) is 5. The molecule has 0 spiro atoms. The number of rotatable bonds is 12. The van der Waals surface area contributed by atoms with Gasteiger partial charge < -0.3 is 14.0 Å². The first-order valence-electron chi connectivity index (χ1n) is 15.1. The van der Waals surface area contributed by atoms with Gasteiger partial charge in [-0.15, -0.1) is 0 Å². The van der Waals surface area contributed by atoms with Gasteiger partial charge in [0.1, 0.15) is 42.8 Å². The molecule has 1 unspecified atom stereocenters. The molecule has 0 heterocycles. The Morgan fingerprint density at radius 1 is 0.682 bits per heavy atom. The Labute approximate surface area is 263 Å². The Hall–Kier alpha value is -4.31. The van der Waals surface area contributed by atoms with Gasteiger partial charge in [-0.1, -0.05) is 65.0 Å². The first-order valence-corrected chi connectivity index (χ1v) is 16.8. The second-order valence-corrected chi connectivity index (χ2v) is 13.3. The van der Waals surface area contributed by atoms with Crippen LogP contribution in [0.4, 0.5) is 0 Å². The topological polar surface area (TPSA) is 75.3 Å². The van der Waals surface area contributed by atoms with Gasteiger partial charge in [0, 0.05) is 10.9 Å². The fourth-order valence-electron chi connectivity index (χ4n) is 5.37. The minimum Gasteiger partial charge on any atom is -0.483 e. The van der Waals surface area contributed by atoms with Crippen LogP contribution in [0.3, 0.4) is 0 Å². The Morgan fingerprint density at radius 3 is 1.84 bits per heavy atom. The predicted octanol–water partition coefficient (Wildman–Crippen LogP) is 10.0. The quantitative estimate of drug-likeness (QED) is 0.150. The van der Waals surface area contributed by atoms with Gasteiger partial charge in [-0.25, -0.2) is 0 Å². The summed E-state index contributed by atoms with van der Waals surface area (Å²) in [5.74, 6) is 2.70. The lowest BCUT2D eigenvalue weighted by atomic mass is 9.79. The molecule has 0 radical (unpaired) electrons. The van der Waals surface area contributed by atoms with Gasteiger partial charge in [0.05, 0.1) is 17.2 Å². The van der Waals surface area contributed by atoms with Gasteiger partial charge in [-0.3, -0.25) is 0 Å². The zero-order chi connectivity index (χ0) is 31.9. The highest BCUT2D eigenvalue weighted by Gasteiger charge is 2.34. The van der Waals surface area contributed by atoms with E-state index in [2.05, 4.69) is 53.4 Å². The largest absolute Gasteiger partial charge is 0.483 e. The molecular weight excluding hydrogens is 563 g/mol. The minimum atomic E-state index is -0.928. The molecule has 0 fully saturated rings. The van der Waals surface area contributed by atoms with E-state index in [1.807, 2.05) is 91.9 Å². The summed E-state index contributed by atoms with van der Waals surface area (Å²) in [6.45, 7) is 14.7. The molecule has 4 aromatic rings. The van der Waals surface area contributed by atoms with Gasteiger partial charge >= 0.3 is 0 Å². The third-order valence-electron chi connectivity index (χ3n) is 8.58. The van der Waals surface area contributed by atoms with Gasteiger partial charge in [-0.05, 0) is 104 Å². The highest BCUT2D eigenvalue weighted by atomic mass is 31.1. The van der Waals surface area contributed by atoms with Gasteiger partial charge in [0.2, 0.25) is 0 Å². The summed E-state index contributed by atoms with van der Waals surface area (Å²) in [6, 6.07) is 32.1. The fourth-order valence-corrected chi connectivity index (χ4v) is 6.48. The predicted molar refractivity (Wildman–Crippen MR) is 179 cm³/mol. The molecule has 0 saturated heterocycles. The summed E-state index contributed by atoms with van der Waals surface area (Å²) in [6.07, 6.45) is 2.40. The molecule has 5 nitrogen and oxygen atoms in total. The number of nitriles is 2. The van der Waals surface area contributed by atoms with E-state index in [-0.39, 0.29) is 5.41 Å². The Bertz CT molecular complexity index is 1660. The number of benzene rings is 4. The van der Waals surface area contributed by atoms with Crippen molar-refractivity contribution in [3.05, 3.63) is 113 Å². The van der Waals surface area contributed by atoms with Crippen LogP contribution in [0.5, 0.6) is 23.0 Å². The smallest absolute Gasteiger partial charge is 0.145 e. The second kappa shape index (κ2) is 14.0. The third kappa shape index (κ3) is 6.91. The van der Waals surface area contributed by atoms with E-state index < -0.39 is 13.7 Å². The normalized spacial score (nSPS) is 12.1. The van der Waals surface area contributed by atoms with Crippen molar-refractivity contribution < 1.29 is 14.0 Å². The van der Waals surface area contributed by atoms with Crippen molar-refractivity contribution in [2.45, 2.75) is 71.8 Å². The maximum absolute atomic E-state index is 9.90. The fraction of sp³-hybridized carbons (Fsp3) is 0.316. The summed E-state index contributed by atoms with van der Waals surface area (Å²) in [4.78, 5) is 0. The molecule has 0 amide bonds. The van der Waals surface area contributed by atoms with Crippen LogP contribution in [0.25, 0.3) is 0 Å². The first kappa shape index (κ1) is 32.6. The van der Waals surface area contributed by atoms with Crippen LogP contribution in [0.1, 0.15) is 81.7 Å². The number of hydrogen-bond donors (Lipinski definition) is 0. The molecule has 4 rings (SSSR count). The zero-order valence-electron chi connectivity index (χ0n) is 26.8. The Morgan fingerprint density at radius 2 is 1.25 bits per heavy atom. The lowest BCUT2D eigenvalue weighted by Gasteiger charge is -2.34. The molecule has 4 aromatic carbocycles.